The molecule has 1 aliphatic rings. The number of nitrogens with one attached hydrogen (secondary N) is 2. The zero-order valence-electron chi connectivity index (χ0n) is 16.7. The van der Waals surface area contributed by atoms with Crippen molar-refractivity contribution in [1.29, 1.82) is 0 Å². The summed E-state index contributed by atoms with van der Waals surface area (Å²) in [6.45, 7) is 4.06. The van der Waals surface area contributed by atoms with Crippen LogP contribution < -0.4 is 10.6 Å². The second kappa shape index (κ2) is 12.4. The van der Waals surface area contributed by atoms with E-state index in [2.05, 4.69) is 25.8 Å². The summed E-state index contributed by atoms with van der Waals surface area (Å²) in [6, 6.07) is 7.38. The molecule has 0 radical (unpaired) electrons. The molecule has 3 rings (SSSR count). The van der Waals surface area contributed by atoms with Crippen molar-refractivity contribution in [3.05, 3.63) is 35.2 Å². The smallest absolute Gasteiger partial charge is 0.251 e. The molecule has 1 fully saturated rings. The topological polar surface area (TPSA) is 78.6 Å². The third-order valence-corrected chi connectivity index (χ3v) is 4.86. The molecule has 0 bridgehead atoms. The summed E-state index contributed by atoms with van der Waals surface area (Å²) < 4.78 is 30.3. The second-order valence-electron chi connectivity index (χ2n) is 6.82. The lowest BCUT2D eigenvalue weighted by atomic mass is 10.1. The van der Waals surface area contributed by atoms with E-state index in [-0.39, 0.29) is 43.1 Å². The van der Waals surface area contributed by atoms with E-state index in [0.717, 1.165) is 18.4 Å². The molecule has 0 amide bonds. The molecule has 2 heterocycles. The van der Waals surface area contributed by atoms with E-state index in [9.17, 15) is 8.78 Å². The van der Waals surface area contributed by atoms with Gasteiger partial charge in [0.25, 0.3) is 6.43 Å². The molecule has 7 nitrogen and oxygen atoms in total. The van der Waals surface area contributed by atoms with Gasteiger partial charge in [0.05, 0.1) is 6.54 Å². The van der Waals surface area contributed by atoms with Crippen molar-refractivity contribution in [2.24, 2.45) is 4.99 Å². The van der Waals surface area contributed by atoms with Crippen molar-refractivity contribution in [2.45, 2.75) is 38.8 Å². The van der Waals surface area contributed by atoms with E-state index in [4.69, 9.17) is 16.1 Å². The Morgan fingerprint density at radius 3 is 2.63 bits per heavy atom. The minimum absolute atomic E-state index is 0. The Labute approximate surface area is 196 Å². The fourth-order valence-electron chi connectivity index (χ4n) is 3.15. The largest absolute Gasteiger partial charge is 0.357 e. The highest BCUT2D eigenvalue weighted by molar-refractivity contribution is 14.0. The first kappa shape index (κ1) is 24.7. The molecular weight excluding hydrogens is 529 g/mol. The molecule has 0 saturated carbocycles. The predicted molar refractivity (Wildman–Crippen MR) is 124 cm³/mol. The zero-order chi connectivity index (χ0) is 20.6. The average Bonchev–Trinajstić information content (AvgIpc) is 3.17. The summed E-state index contributed by atoms with van der Waals surface area (Å²) >= 11 is 5.90. The molecule has 1 aromatic carbocycles. The highest BCUT2D eigenvalue weighted by Gasteiger charge is 2.22. The molecule has 1 aliphatic heterocycles. The normalized spacial score (nSPS) is 15.8. The highest BCUT2D eigenvalue weighted by Crippen LogP contribution is 2.19. The fourth-order valence-corrected chi connectivity index (χ4v) is 3.28. The van der Waals surface area contributed by atoms with E-state index >= 15 is 0 Å². The number of guanidine groups is 1. The number of hydrogen-bond donors (Lipinski definition) is 2. The molecule has 0 unspecified atom stereocenters. The summed E-state index contributed by atoms with van der Waals surface area (Å²) in [5, 5.41) is 11.2. The van der Waals surface area contributed by atoms with Crippen molar-refractivity contribution in [3.8, 4) is 11.4 Å². The van der Waals surface area contributed by atoms with Crippen LogP contribution in [0.5, 0.6) is 0 Å². The summed E-state index contributed by atoms with van der Waals surface area (Å²) in [5.41, 5.74) is 0.814. The van der Waals surface area contributed by atoms with Gasteiger partial charge >= 0.3 is 0 Å². The Bertz CT molecular complexity index is 797. The van der Waals surface area contributed by atoms with Crippen LogP contribution in [0.15, 0.2) is 33.8 Å². The van der Waals surface area contributed by atoms with Crippen LogP contribution >= 0.6 is 35.6 Å². The minimum Gasteiger partial charge on any atom is -0.357 e. The van der Waals surface area contributed by atoms with Crippen LogP contribution in [0.3, 0.4) is 0 Å². The molecule has 0 aliphatic carbocycles. The van der Waals surface area contributed by atoms with Gasteiger partial charge in [0.15, 0.2) is 5.96 Å². The summed E-state index contributed by atoms with van der Waals surface area (Å²) in [4.78, 5) is 10.7. The number of benzene rings is 1. The van der Waals surface area contributed by atoms with Gasteiger partial charge in [-0.1, -0.05) is 16.8 Å². The molecule has 11 heteroatoms. The van der Waals surface area contributed by atoms with Crippen molar-refractivity contribution < 1.29 is 13.3 Å². The SMILES string of the molecule is CCNC(=NCc1nc(-c2ccc(Cl)cc2)no1)NC1CCN(CC(F)F)CC1.I. The number of aromatic nitrogens is 2. The Morgan fingerprint density at radius 2 is 2.00 bits per heavy atom. The van der Waals surface area contributed by atoms with E-state index in [0.29, 0.717) is 42.3 Å². The Kier molecular flexibility index (Phi) is 10.2. The number of halogens is 4. The first-order valence-corrected chi connectivity index (χ1v) is 10.0. The van der Waals surface area contributed by atoms with Crippen LogP contribution in [0.25, 0.3) is 11.4 Å². The standard InChI is InChI=1S/C19H25ClF2N6O.HI/c1-2-23-19(25-15-7-9-28(10-8-15)12-16(21)22)24-11-17-26-18(27-29-17)13-3-5-14(20)6-4-13;/h3-6,15-16H,2,7-12H2,1H3,(H2,23,24,25);1H. The molecule has 1 saturated heterocycles. The van der Waals surface area contributed by atoms with Gasteiger partial charge in [0, 0.05) is 36.3 Å². The second-order valence-corrected chi connectivity index (χ2v) is 7.26. The Balaban J connectivity index is 0.00000320. The zero-order valence-corrected chi connectivity index (χ0v) is 19.7. The van der Waals surface area contributed by atoms with Gasteiger partial charge in [-0.25, -0.2) is 13.8 Å². The molecule has 1 aromatic heterocycles. The van der Waals surface area contributed by atoms with Crippen molar-refractivity contribution >= 4 is 41.5 Å². The summed E-state index contributed by atoms with van der Waals surface area (Å²) in [7, 11) is 0. The monoisotopic (exact) mass is 554 g/mol. The lowest BCUT2D eigenvalue weighted by Crippen LogP contribution is -2.49. The van der Waals surface area contributed by atoms with E-state index < -0.39 is 6.43 Å². The van der Waals surface area contributed by atoms with Crippen LogP contribution in [0, 0.1) is 0 Å². The maximum atomic E-state index is 12.5. The van der Waals surface area contributed by atoms with Crippen molar-refractivity contribution in [1.82, 2.24) is 25.7 Å². The van der Waals surface area contributed by atoms with Gasteiger partial charge in [-0.3, -0.25) is 4.90 Å². The molecule has 0 atom stereocenters. The quantitative estimate of drug-likeness (QED) is 0.308. The Hall–Kier alpha value is -1.53. The summed E-state index contributed by atoms with van der Waals surface area (Å²) in [5.74, 6) is 1.53. The van der Waals surface area contributed by atoms with Crippen LogP contribution in [-0.2, 0) is 6.54 Å². The first-order chi connectivity index (χ1) is 14.0. The van der Waals surface area contributed by atoms with Crippen molar-refractivity contribution in [2.75, 3.05) is 26.2 Å². The fraction of sp³-hybridized carbons (Fsp3) is 0.526. The number of rotatable bonds is 7. The van der Waals surface area contributed by atoms with Gasteiger partial charge in [0.2, 0.25) is 11.7 Å². The highest BCUT2D eigenvalue weighted by atomic mass is 127. The number of nitrogens with zero attached hydrogens (tertiary/aromatic N) is 4. The van der Waals surface area contributed by atoms with Crippen LogP contribution in [-0.4, -0.2) is 59.6 Å². The van der Waals surface area contributed by atoms with E-state index in [1.165, 1.54) is 0 Å². The Morgan fingerprint density at radius 1 is 1.30 bits per heavy atom. The minimum atomic E-state index is -2.29. The average molecular weight is 555 g/mol. The third kappa shape index (κ3) is 7.62. The predicted octanol–water partition coefficient (Wildman–Crippen LogP) is 3.79. The maximum Gasteiger partial charge on any atom is 0.251 e. The molecule has 0 spiro atoms. The molecular formula is C19H26ClF2IN6O. The van der Waals surface area contributed by atoms with Crippen LogP contribution in [0.1, 0.15) is 25.7 Å². The molecule has 30 heavy (non-hydrogen) atoms. The van der Waals surface area contributed by atoms with Gasteiger partial charge in [-0.05, 0) is 44.0 Å². The van der Waals surface area contributed by atoms with Crippen LogP contribution in [0.4, 0.5) is 8.78 Å². The third-order valence-electron chi connectivity index (χ3n) is 4.61. The number of likely N-dealkylation sites (tertiary alicyclic amines) is 1. The van der Waals surface area contributed by atoms with Crippen molar-refractivity contribution in [3.63, 3.8) is 0 Å². The number of piperidine rings is 1. The van der Waals surface area contributed by atoms with E-state index in [1.54, 1.807) is 17.0 Å². The lowest BCUT2D eigenvalue weighted by molar-refractivity contribution is 0.0744. The molecule has 2 aromatic rings. The van der Waals surface area contributed by atoms with Crippen LogP contribution in [0.2, 0.25) is 5.02 Å². The lowest BCUT2D eigenvalue weighted by Gasteiger charge is -2.32. The number of hydrogen-bond acceptors (Lipinski definition) is 5. The molecule has 2 N–H and O–H groups in total. The molecule has 166 valence electrons. The van der Waals surface area contributed by atoms with E-state index in [1.807, 2.05) is 19.1 Å². The van der Waals surface area contributed by atoms with Gasteiger partial charge in [0.1, 0.15) is 6.54 Å². The van der Waals surface area contributed by atoms with Gasteiger partial charge in [-0.15, -0.1) is 24.0 Å². The number of alkyl halides is 2. The summed E-state index contributed by atoms with van der Waals surface area (Å²) in [6.07, 6.45) is -0.706. The number of aliphatic imine (C=N–C) groups is 1. The maximum absolute atomic E-state index is 12.5. The first-order valence-electron chi connectivity index (χ1n) is 9.67. The van der Waals surface area contributed by atoms with Gasteiger partial charge < -0.3 is 15.2 Å². The van der Waals surface area contributed by atoms with Gasteiger partial charge in [-0.2, -0.15) is 4.98 Å².